The largest absolute Gasteiger partial charge is 0.314 e. The van der Waals surface area contributed by atoms with Crippen LogP contribution in [-0.4, -0.2) is 17.6 Å². The lowest BCUT2D eigenvalue weighted by molar-refractivity contribution is 0.537. The summed E-state index contributed by atoms with van der Waals surface area (Å²) in [4.78, 5) is 4.44. The summed E-state index contributed by atoms with van der Waals surface area (Å²) in [5.74, 6) is 0. The fourth-order valence-electron chi connectivity index (χ4n) is 1.54. The summed E-state index contributed by atoms with van der Waals surface area (Å²) >= 11 is 3.43. The van der Waals surface area contributed by atoms with Gasteiger partial charge in [0.1, 0.15) is 0 Å². The molecule has 0 aromatic carbocycles. The minimum Gasteiger partial charge on any atom is -0.314 e. The Bertz CT molecular complexity index is 312. The molecule has 3 heteroatoms. The van der Waals surface area contributed by atoms with Gasteiger partial charge in [0.25, 0.3) is 0 Å². The molecule has 1 atom stereocenters. The molecule has 1 aromatic heterocycles. The Morgan fingerprint density at radius 2 is 2.27 bits per heavy atom. The molecule has 84 valence electrons. The first-order valence-electron chi connectivity index (χ1n) is 5.48. The van der Waals surface area contributed by atoms with Crippen molar-refractivity contribution in [2.45, 2.75) is 39.7 Å². The van der Waals surface area contributed by atoms with Crippen molar-refractivity contribution in [1.82, 2.24) is 10.3 Å². The van der Waals surface area contributed by atoms with E-state index in [1.165, 1.54) is 17.7 Å². The van der Waals surface area contributed by atoms with Crippen molar-refractivity contribution in [1.29, 1.82) is 0 Å². The molecule has 1 heterocycles. The van der Waals surface area contributed by atoms with Crippen LogP contribution in [0.4, 0.5) is 0 Å². The third-order valence-corrected chi connectivity index (χ3v) is 2.83. The van der Waals surface area contributed by atoms with Gasteiger partial charge in [-0.2, -0.15) is 0 Å². The van der Waals surface area contributed by atoms with E-state index in [0.29, 0.717) is 6.04 Å². The molecular weight excluding hydrogens is 252 g/mol. The van der Waals surface area contributed by atoms with Gasteiger partial charge in [0.15, 0.2) is 0 Å². The highest BCUT2D eigenvalue weighted by atomic mass is 79.9. The van der Waals surface area contributed by atoms with Crippen LogP contribution in [-0.2, 0) is 6.42 Å². The quantitative estimate of drug-likeness (QED) is 0.890. The molecule has 1 unspecified atom stereocenters. The van der Waals surface area contributed by atoms with E-state index in [1.807, 2.05) is 6.20 Å². The zero-order valence-corrected chi connectivity index (χ0v) is 11.3. The number of pyridine rings is 1. The maximum absolute atomic E-state index is 4.44. The number of halogens is 1. The fourth-order valence-corrected chi connectivity index (χ4v) is 1.98. The molecule has 0 aliphatic carbocycles. The Balaban J connectivity index is 2.56. The van der Waals surface area contributed by atoms with Crippen molar-refractivity contribution in [2.75, 3.05) is 6.54 Å². The van der Waals surface area contributed by atoms with Crippen LogP contribution in [0.5, 0.6) is 0 Å². The summed E-state index contributed by atoms with van der Waals surface area (Å²) in [5.41, 5.74) is 2.45. The van der Waals surface area contributed by atoms with Crippen LogP contribution in [0.2, 0.25) is 0 Å². The molecule has 0 saturated carbocycles. The van der Waals surface area contributed by atoms with Crippen molar-refractivity contribution >= 4 is 15.9 Å². The predicted molar refractivity (Wildman–Crippen MR) is 68.1 cm³/mol. The highest BCUT2D eigenvalue weighted by Crippen LogP contribution is 2.14. The number of aryl methyl sites for hydroxylation is 1. The molecule has 0 radical (unpaired) electrons. The average Bonchev–Trinajstić information content (AvgIpc) is 2.19. The summed E-state index contributed by atoms with van der Waals surface area (Å²) < 4.78 is 1.05. The molecule has 15 heavy (non-hydrogen) atoms. The van der Waals surface area contributed by atoms with E-state index in [9.17, 15) is 0 Å². The fraction of sp³-hybridized carbons (Fsp3) is 0.583. The molecule has 0 spiro atoms. The molecule has 2 nitrogen and oxygen atoms in total. The molecule has 0 bridgehead atoms. The molecule has 0 aliphatic rings. The van der Waals surface area contributed by atoms with Crippen LogP contribution in [0.3, 0.4) is 0 Å². The number of aromatic nitrogens is 1. The van der Waals surface area contributed by atoms with E-state index < -0.39 is 0 Å². The summed E-state index contributed by atoms with van der Waals surface area (Å²) in [6.07, 6.45) is 4.05. The number of hydrogen-bond acceptors (Lipinski definition) is 2. The summed E-state index contributed by atoms with van der Waals surface area (Å²) in [7, 11) is 0. The van der Waals surface area contributed by atoms with Gasteiger partial charge in [-0.3, -0.25) is 4.98 Å². The third-order valence-electron chi connectivity index (χ3n) is 2.40. The van der Waals surface area contributed by atoms with Gasteiger partial charge in [-0.1, -0.05) is 6.92 Å². The first-order valence-corrected chi connectivity index (χ1v) is 6.27. The van der Waals surface area contributed by atoms with Crippen LogP contribution in [0.15, 0.2) is 16.7 Å². The Morgan fingerprint density at radius 1 is 1.53 bits per heavy atom. The zero-order valence-electron chi connectivity index (χ0n) is 9.68. The van der Waals surface area contributed by atoms with Crippen LogP contribution in [0.25, 0.3) is 0 Å². The third kappa shape index (κ3) is 4.31. The molecule has 0 fully saturated rings. The molecule has 1 rings (SSSR count). The SMILES string of the molecule is CCCNC(C)Cc1ncc(Br)cc1C. The topological polar surface area (TPSA) is 24.9 Å². The first-order chi connectivity index (χ1) is 7.13. The van der Waals surface area contributed by atoms with E-state index in [2.05, 4.69) is 53.1 Å². The summed E-state index contributed by atoms with van der Waals surface area (Å²) in [6.45, 7) is 7.58. The molecule has 1 aromatic rings. The maximum Gasteiger partial charge on any atom is 0.0448 e. The Labute approximate surface area is 101 Å². The van der Waals surface area contributed by atoms with E-state index >= 15 is 0 Å². The second kappa shape index (κ2) is 6.23. The lowest BCUT2D eigenvalue weighted by atomic mass is 10.1. The minimum absolute atomic E-state index is 0.498. The van der Waals surface area contributed by atoms with Crippen LogP contribution >= 0.6 is 15.9 Å². The number of hydrogen-bond donors (Lipinski definition) is 1. The molecular formula is C12H19BrN2. The second-order valence-electron chi connectivity index (χ2n) is 3.98. The Hall–Kier alpha value is -0.410. The van der Waals surface area contributed by atoms with Crippen molar-refractivity contribution in [3.63, 3.8) is 0 Å². The lowest BCUT2D eigenvalue weighted by Crippen LogP contribution is -2.29. The van der Waals surface area contributed by atoms with Crippen molar-refractivity contribution in [2.24, 2.45) is 0 Å². The van der Waals surface area contributed by atoms with Gasteiger partial charge in [-0.25, -0.2) is 0 Å². The molecule has 1 N–H and O–H groups in total. The highest BCUT2D eigenvalue weighted by Gasteiger charge is 2.06. The predicted octanol–water partition coefficient (Wildman–Crippen LogP) is 3.08. The van der Waals surface area contributed by atoms with Crippen LogP contribution in [0.1, 0.15) is 31.5 Å². The van der Waals surface area contributed by atoms with Gasteiger partial charge in [-0.05, 0) is 54.4 Å². The molecule has 0 aliphatic heterocycles. The maximum atomic E-state index is 4.44. The number of nitrogens with one attached hydrogen (secondary N) is 1. The van der Waals surface area contributed by atoms with Crippen LogP contribution < -0.4 is 5.32 Å². The van der Waals surface area contributed by atoms with Crippen molar-refractivity contribution < 1.29 is 0 Å². The smallest absolute Gasteiger partial charge is 0.0448 e. The van der Waals surface area contributed by atoms with Crippen molar-refractivity contribution in [3.8, 4) is 0 Å². The van der Waals surface area contributed by atoms with E-state index in [1.54, 1.807) is 0 Å². The molecule has 0 saturated heterocycles. The summed E-state index contributed by atoms with van der Waals surface area (Å²) in [5, 5.41) is 3.47. The van der Waals surface area contributed by atoms with Gasteiger partial charge in [-0.15, -0.1) is 0 Å². The van der Waals surface area contributed by atoms with Crippen LogP contribution in [0, 0.1) is 6.92 Å². The zero-order chi connectivity index (χ0) is 11.3. The highest BCUT2D eigenvalue weighted by molar-refractivity contribution is 9.10. The second-order valence-corrected chi connectivity index (χ2v) is 4.89. The monoisotopic (exact) mass is 270 g/mol. The summed E-state index contributed by atoms with van der Waals surface area (Å²) in [6, 6.07) is 2.62. The first kappa shape index (κ1) is 12.7. The van der Waals surface area contributed by atoms with Gasteiger partial charge in [0.2, 0.25) is 0 Å². The van der Waals surface area contributed by atoms with Gasteiger partial charge < -0.3 is 5.32 Å². The number of nitrogens with zero attached hydrogens (tertiary/aromatic N) is 1. The Morgan fingerprint density at radius 3 is 2.87 bits per heavy atom. The Kier molecular flexibility index (Phi) is 5.26. The van der Waals surface area contributed by atoms with E-state index in [0.717, 1.165) is 17.4 Å². The minimum atomic E-state index is 0.498. The van der Waals surface area contributed by atoms with Gasteiger partial charge >= 0.3 is 0 Å². The normalized spacial score (nSPS) is 12.8. The van der Waals surface area contributed by atoms with E-state index in [4.69, 9.17) is 0 Å². The molecule has 0 amide bonds. The van der Waals surface area contributed by atoms with Gasteiger partial charge in [0.05, 0.1) is 0 Å². The average molecular weight is 271 g/mol. The standard InChI is InChI=1S/C12H19BrN2/c1-4-5-14-10(3)7-12-9(2)6-11(13)8-15-12/h6,8,10,14H,4-5,7H2,1-3H3. The van der Waals surface area contributed by atoms with E-state index in [-0.39, 0.29) is 0 Å². The number of rotatable bonds is 5. The van der Waals surface area contributed by atoms with Crippen molar-refractivity contribution in [3.05, 3.63) is 28.0 Å². The lowest BCUT2D eigenvalue weighted by Gasteiger charge is -2.14. The van der Waals surface area contributed by atoms with Gasteiger partial charge in [0, 0.05) is 28.8 Å².